The molecule has 1 aliphatic carbocycles. The van der Waals surface area contributed by atoms with Gasteiger partial charge in [0.25, 0.3) is 0 Å². The highest BCUT2D eigenvalue weighted by Crippen LogP contribution is 2.38. The summed E-state index contributed by atoms with van der Waals surface area (Å²) < 4.78 is 2.05. The third-order valence-corrected chi connectivity index (χ3v) is 4.95. The van der Waals surface area contributed by atoms with Crippen LogP contribution in [0.1, 0.15) is 37.4 Å². The Hall–Kier alpha value is -1.95. The summed E-state index contributed by atoms with van der Waals surface area (Å²) in [6, 6.07) is 5.63. The minimum absolute atomic E-state index is 0.281. The first-order valence-electron chi connectivity index (χ1n) is 8.00. The number of carboxylic acids is 1. The van der Waals surface area contributed by atoms with Crippen molar-refractivity contribution in [3.05, 3.63) is 30.2 Å². The fourth-order valence-electron chi connectivity index (χ4n) is 3.64. The van der Waals surface area contributed by atoms with Crippen LogP contribution in [0.4, 0.5) is 0 Å². The van der Waals surface area contributed by atoms with E-state index < -0.39 is 5.97 Å². The SMILES string of the molecule is O=C(O)C(C1CC1)N1CCC(c2nnc3ccccn23)CC1. The molecule has 22 heavy (non-hydrogen) atoms. The second kappa shape index (κ2) is 5.35. The van der Waals surface area contributed by atoms with Crippen molar-refractivity contribution in [3.63, 3.8) is 0 Å². The topological polar surface area (TPSA) is 70.7 Å². The van der Waals surface area contributed by atoms with Gasteiger partial charge in [-0.2, -0.15) is 0 Å². The lowest BCUT2D eigenvalue weighted by Gasteiger charge is -2.35. The number of hydrogen-bond acceptors (Lipinski definition) is 4. The van der Waals surface area contributed by atoms with Gasteiger partial charge in [-0.05, 0) is 56.8 Å². The molecule has 0 spiro atoms. The molecule has 1 saturated heterocycles. The third kappa shape index (κ3) is 2.37. The van der Waals surface area contributed by atoms with E-state index in [0.717, 1.165) is 50.2 Å². The highest BCUT2D eigenvalue weighted by Gasteiger charge is 2.41. The van der Waals surface area contributed by atoms with Gasteiger partial charge in [0, 0.05) is 12.1 Å². The number of fused-ring (bicyclic) bond motifs is 1. The summed E-state index contributed by atoms with van der Waals surface area (Å²) in [4.78, 5) is 13.6. The predicted molar refractivity (Wildman–Crippen MR) is 80.7 cm³/mol. The third-order valence-electron chi connectivity index (χ3n) is 4.95. The molecule has 116 valence electrons. The molecule has 1 N–H and O–H groups in total. The van der Waals surface area contributed by atoms with E-state index in [1.165, 1.54) is 0 Å². The Balaban J connectivity index is 1.48. The molecular formula is C16H20N4O2. The Bertz CT molecular complexity index is 686. The minimum Gasteiger partial charge on any atom is -0.480 e. The Morgan fingerprint density at radius 3 is 2.64 bits per heavy atom. The summed E-state index contributed by atoms with van der Waals surface area (Å²) in [6.45, 7) is 1.67. The van der Waals surface area contributed by atoms with Gasteiger partial charge in [-0.3, -0.25) is 14.1 Å². The van der Waals surface area contributed by atoms with Crippen molar-refractivity contribution < 1.29 is 9.90 Å². The van der Waals surface area contributed by atoms with E-state index in [0.29, 0.717) is 11.8 Å². The number of piperidine rings is 1. The number of aliphatic carboxylic acids is 1. The number of pyridine rings is 1. The molecule has 0 bridgehead atoms. The van der Waals surface area contributed by atoms with E-state index in [9.17, 15) is 9.90 Å². The molecule has 1 atom stereocenters. The molecule has 0 radical (unpaired) electrons. The number of rotatable bonds is 4. The fourth-order valence-corrected chi connectivity index (χ4v) is 3.64. The minimum atomic E-state index is -0.658. The van der Waals surface area contributed by atoms with Gasteiger partial charge in [0.2, 0.25) is 0 Å². The summed E-state index contributed by atoms with van der Waals surface area (Å²) in [6.07, 6.45) is 6.02. The Kier molecular flexibility index (Phi) is 3.33. The van der Waals surface area contributed by atoms with Crippen molar-refractivity contribution in [3.8, 4) is 0 Å². The first-order valence-corrected chi connectivity index (χ1v) is 8.00. The maximum absolute atomic E-state index is 11.5. The lowest BCUT2D eigenvalue weighted by atomic mass is 9.94. The number of hydrogen-bond donors (Lipinski definition) is 1. The predicted octanol–water partition coefficient (Wildman–Crippen LogP) is 1.77. The molecule has 3 heterocycles. The van der Waals surface area contributed by atoms with Gasteiger partial charge in [0.05, 0.1) is 0 Å². The van der Waals surface area contributed by atoms with Crippen molar-refractivity contribution >= 4 is 11.6 Å². The van der Waals surface area contributed by atoms with Gasteiger partial charge in [-0.15, -0.1) is 10.2 Å². The molecule has 6 heteroatoms. The van der Waals surface area contributed by atoms with Crippen molar-refractivity contribution in [1.29, 1.82) is 0 Å². The van der Waals surface area contributed by atoms with Gasteiger partial charge >= 0.3 is 5.97 Å². The van der Waals surface area contributed by atoms with Crippen molar-refractivity contribution in [2.24, 2.45) is 5.92 Å². The van der Waals surface area contributed by atoms with E-state index in [-0.39, 0.29) is 6.04 Å². The first kappa shape index (κ1) is 13.7. The zero-order valence-corrected chi connectivity index (χ0v) is 12.4. The van der Waals surface area contributed by atoms with Crippen LogP contribution in [0.2, 0.25) is 0 Å². The fraction of sp³-hybridized carbons (Fsp3) is 0.562. The summed E-state index contributed by atoms with van der Waals surface area (Å²) in [5.74, 6) is 1.08. The van der Waals surface area contributed by atoms with Crippen LogP contribution in [0.15, 0.2) is 24.4 Å². The van der Waals surface area contributed by atoms with Gasteiger partial charge in [0.1, 0.15) is 11.9 Å². The second-order valence-corrected chi connectivity index (χ2v) is 6.42. The monoisotopic (exact) mass is 300 g/mol. The molecule has 2 aliphatic rings. The highest BCUT2D eigenvalue weighted by molar-refractivity contribution is 5.74. The Morgan fingerprint density at radius 1 is 1.18 bits per heavy atom. The normalized spacial score (nSPS) is 22.0. The summed E-state index contributed by atoms with van der Waals surface area (Å²) >= 11 is 0. The van der Waals surface area contributed by atoms with Crippen molar-refractivity contribution in [2.45, 2.75) is 37.6 Å². The average Bonchev–Trinajstić information content (AvgIpc) is 3.26. The molecule has 4 rings (SSSR count). The lowest BCUT2D eigenvalue weighted by molar-refractivity contribution is -0.144. The van der Waals surface area contributed by atoms with E-state index in [2.05, 4.69) is 19.5 Å². The standard InChI is InChI=1S/C16H20N4O2/c21-16(22)14(11-4-5-11)19-9-6-12(7-10-19)15-18-17-13-3-1-2-8-20(13)15/h1-3,8,11-12,14H,4-7,9-10H2,(H,21,22). The number of carbonyl (C=O) groups is 1. The van der Waals surface area contributed by atoms with Crippen LogP contribution < -0.4 is 0 Å². The molecule has 1 aliphatic heterocycles. The van der Waals surface area contributed by atoms with Crippen LogP contribution in [0.25, 0.3) is 5.65 Å². The van der Waals surface area contributed by atoms with Gasteiger partial charge in [-0.25, -0.2) is 0 Å². The molecule has 0 aromatic carbocycles. The number of aromatic nitrogens is 3. The van der Waals surface area contributed by atoms with Gasteiger partial charge in [-0.1, -0.05) is 6.07 Å². The zero-order valence-electron chi connectivity index (χ0n) is 12.4. The van der Waals surface area contributed by atoms with Crippen LogP contribution in [0.3, 0.4) is 0 Å². The highest BCUT2D eigenvalue weighted by atomic mass is 16.4. The van der Waals surface area contributed by atoms with Crippen molar-refractivity contribution in [2.75, 3.05) is 13.1 Å². The number of nitrogens with zero attached hydrogens (tertiary/aromatic N) is 4. The maximum Gasteiger partial charge on any atom is 0.321 e. The first-order chi connectivity index (χ1) is 10.7. The summed E-state index contributed by atoms with van der Waals surface area (Å²) in [7, 11) is 0. The molecular weight excluding hydrogens is 280 g/mol. The van der Waals surface area contributed by atoms with Gasteiger partial charge < -0.3 is 5.11 Å². The molecule has 6 nitrogen and oxygen atoms in total. The quantitative estimate of drug-likeness (QED) is 0.932. The van der Waals surface area contributed by atoms with Crippen LogP contribution in [0, 0.1) is 5.92 Å². The van der Waals surface area contributed by atoms with Crippen LogP contribution in [0.5, 0.6) is 0 Å². The molecule has 0 amide bonds. The van der Waals surface area contributed by atoms with Crippen molar-refractivity contribution in [1.82, 2.24) is 19.5 Å². The summed E-state index contributed by atoms with van der Waals surface area (Å²) in [5, 5.41) is 18.0. The van der Waals surface area contributed by atoms with E-state index in [1.807, 2.05) is 24.4 Å². The second-order valence-electron chi connectivity index (χ2n) is 6.42. The molecule has 2 aromatic heterocycles. The molecule has 1 unspecified atom stereocenters. The van der Waals surface area contributed by atoms with E-state index >= 15 is 0 Å². The maximum atomic E-state index is 11.5. The van der Waals surface area contributed by atoms with Crippen LogP contribution >= 0.6 is 0 Å². The average molecular weight is 300 g/mol. The number of carboxylic acid groups (broad SMARTS) is 1. The molecule has 1 saturated carbocycles. The zero-order chi connectivity index (χ0) is 15.1. The van der Waals surface area contributed by atoms with Crippen LogP contribution in [-0.2, 0) is 4.79 Å². The smallest absolute Gasteiger partial charge is 0.321 e. The Labute approximate surface area is 128 Å². The van der Waals surface area contributed by atoms with E-state index in [1.54, 1.807) is 0 Å². The van der Waals surface area contributed by atoms with E-state index in [4.69, 9.17) is 0 Å². The largest absolute Gasteiger partial charge is 0.480 e. The lowest BCUT2D eigenvalue weighted by Crippen LogP contribution is -2.46. The molecule has 2 fully saturated rings. The van der Waals surface area contributed by atoms with Crippen LogP contribution in [-0.4, -0.2) is 49.7 Å². The Morgan fingerprint density at radius 2 is 1.95 bits per heavy atom. The molecule has 2 aromatic rings. The van der Waals surface area contributed by atoms with Gasteiger partial charge in [0.15, 0.2) is 5.65 Å². The number of likely N-dealkylation sites (tertiary alicyclic amines) is 1. The summed E-state index contributed by atoms with van der Waals surface area (Å²) in [5.41, 5.74) is 0.876.